The molecule has 34 heavy (non-hydrogen) atoms. The third-order valence-corrected chi connectivity index (χ3v) is 5.76. The Morgan fingerprint density at radius 3 is 2.12 bits per heavy atom. The Morgan fingerprint density at radius 2 is 1.47 bits per heavy atom. The first-order chi connectivity index (χ1) is 16.3. The van der Waals surface area contributed by atoms with Crippen LogP contribution in [0, 0.1) is 13.0 Å². The molecule has 1 radical (unpaired) electrons. The number of rotatable bonds is 4. The van der Waals surface area contributed by atoms with Gasteiger partial charge in [-0.1, -0.05) is 78.9 Å². The van der Waals surface area contributed by atoms with Gasteiger partial charge in [0.2, 0.25) is 0 Å². The number of oxazole rings is 1. The van der Waals surface area contributed by atoms with Gasteiger partial charge < -0.3 is 8.98 Å². The fraction of sp³-hybridized carbons (Fsp3) is 0.0345. The summed E-state index contributed by atoms with van der Waals surface area (Å²) >= 11 is 0. The van der Waals surface area contributed by atoms with Gasteiger partial charge in [0, 0.05) is 56.1 Å². The summed E-state index contributed by atoms with van der Waals surface area (Å²) in [6.45, 7) is 1.85. The predicted octanol–water partition coefficient (Wildman–Crippen LogP) is 7.12. The van der Waals surface area contributed by atoms with E-state index in [1.807, 2.05) is 43.6 Å². The molecule has 6 aromatic rings. The van der Waals surface area contributed by atoms with Crippen molar-refractivity contribution >= 4 is 11.1 Å². The molecule has 5 heteroatoms. The van der Waals surface area contributed by atoms with E-state index < -0.39 is 0 Å². The summed E-state index contributed by atoms with van der Waals surface area (Å²) in [6, 6.07) is 34.5. The van der Waals surface area contributed by atoms with Crippen LogP contribution in [0.2, 0.25) is 0 Å². The van der Waals surface area contributed by atoms with Crippen molar-refractivity contribution in [2.24, 2.45) is 0 Å². The normalized spacial score (nSPS) is 10.9. The molecule has 2 aromatic heterocycles. The van der Waals surface area contributed by atoms with Crippen LogP contribution in [-0.2, 0) is 20.1 Å². The quantitative estimate of drug-likeness (QED) is 0.198. The van der Waals surface area contributed by atoms with Gasteiger partial charge in [0.15, 0.2) is 5.89 Å². The van der Waals surface area contributed by atoms with Crippen LogP contribution in [0.15, 0.2) is 108 Å². The van der Waals surface area contributed by atoms with E-state index in [9.17, 15) is 0 Å². The predicted molar refractivity (Wildman–Crippen MR) is 131 cm³/mol. The van der Waals surface area contributed by atoms with E-state index >= 15 is 0 Å². The van der Waals surface area contributed by atoms with Crippen molar-refractivity contribution < 1.29 is 24.5 Å². The van der Waals surface area contributed by atoms with Gasteiger partial charge in [-0.05, 0) is 11.1 Å². The second-order valence-electron chi connectivity index (χ2n) is 7.88. The van der Waals surface area contributed by atoms with Crippen molar-refractivity contribution in [2.75, 3.05) is 0 Å². The zero-order valence-corrected chi connectivity index (χ0v) is 20.8. The van der Waals surface area contributed by atoms with E-state index in [0.29, 0.717) is 5.89 Å². The number of hydrogen-bond donors (Lipinski definition) is 0. The van der Waals surface area contributed by atoms with Crippen molar-refractivity contribution in [1.82, 2.24) is 14.5 Å². The molecule has 167 valence electrons. The Hall–Kier alpha value is -3.79. The summed E-state index contributed by atoms with van der Waals surface area (Å²) < 4.78 is 7.79. The average molecular weight is 619 g/mol. The summed E-state index contributed by atoms with van der Waals surface area (Å²) in [5.41, 5.74) is 8.03. The maximum atomic E-state index is 5.64. The van der Waals surface area contributed by atoms with Crippen molar-refractivity contribution in [3.8, 4) is 39.3 Å². The monoisotopic (exact) mass is 619 g/mol. The fourth-order valence-corrected chi connectivity index (χ4v) is 4.30. The Kier molecular flexibility index (Phi) is 5.97. The van der Waals surface area contributed by atoms with Gasteiger partial charge in [-0.2, -0.15) is 0 Å². The number of hydrogen-bond acceptors (Lipinski definition) is 3. The van der Waals surface area contributed by atoms with E-state index in [0.717, 1.165) is 50.4 Å². The standard InChI is InChI=1S/C29H20N3O.Ir/c1-20-31-26-19-23(15-16-27(26)33-20)29-30-17-18-32(29)28-24(21-9-4-2-5-10-21)13-8-14-25(28)22-11-6-3-7-12-22;/h2-14,16-19H,1H3;/q-1;. The van der Waals surface area contributed by atoms with Crippen LogP contribution < -0.4 is 0 Å². The van der Waals surface area contributed by atoms with Crippen molar-refractivity contribution in [2.45, 2.75) is 6.92 Å². The smallest absolute Gasteiger partial charge is 0.180 e. The molecule has 0 N–H and O–H groups in total. The molecule has 0 fully saturated rings. The summed E-state index contributed by atoms with van der Waals surface area (Å²) in [6.07, 6.45) is 3.84. The van der Waals surface area contributed by atoms with E-state index in [2.05, 4.69) is 82.3 Å². The van der Waals surface area contributed by atoms with E-state index in [-0.39, 0.29) is 20.1 Å². The first-order valence-electron chi connectivity index (χ1n) is 10.8. The Bertz CT molecular complexity index is 1510. The van der Waals surface area contributed by atoms with Crippen LogP contribution in [0.4, 0.5) is 0 Å². The molecule has 2 heterocycles. The number of para-hydroxylation sites is 1. The van der Waals surface area contributed by atoms with Gasteiger partial charge in [-0.15, -0.1) is 23.8 Å². The van der Waals surface area contributed by atoms with E-state index in [4.69, 9.17) is 9.40 Å². The molecule has 4 nitrogen and oxygen atoms in total. The number of aromatic nitrogens is 3. The van der Waals surface area contributed by atoms with Crippen LogP contribution in [-0.4, -0.2) is 14.5 Å². The van der Waals surface area contributed by atoms with E-state index in [1.165, 1.54) is 0 Å². The first-order valence-corrected chi connectivity index (χ1v) is 10.8. The second-order valence-corrected chi connectivity index (χ2v) is 7.88. The zero-order valence-electron chi connectivity index (χ0n) is 18.4. The topological polar surface area (TPSA) is 43.9 Å². The largest absolute Gasteiger partial charge is 0.488 e. The summed E-state index contributed by atoms with van der Waals surface area (Å²) in [7, 11) is 0. The molecule has 6 rings (SSSR count). The van der Waals surface area contributed by atoms with Crippen LogP contribution in [0.5, 0.6) is 0 Å². The summed E-state index contributed by atoms with van der Waals surface area (Å²) in [5.74, 6) is 1.44. The van der Waals surface area contributed by atoms with Gasteiger partial charge in [0.05, 0.1) is 17.1 Å². The molecule has 0 amide bonds. The minimum atomic E-state index is 0. The van der Waals surface area contributed by atoms with Crippen LogP contribution in [0.3, 0.4) is 0 Å². The van der Waals surface area contributed by atoms with Gasteiger partial charge in [-0.3, -0.25) is 4.98 Å². The maximum Gasteiger partial charge on any atom is 0.180 e. The minimum absolute atomic E-state index is 0. The van der Waals surface area contributed by atoms with Crippen molar-refractivity contribution in [3.05, 3.63) is 115 Å². The van der Waals surface area contributed by atoms with E-state index in [1.54, 1.807) is 0 Å². The number of fused-ring (bicyclic) bond motifs is 1. The maximum absolute atomic E-state index is 5.64. The molecular weight excluding hydrogens is 599 g/mol. The Morgan fingerprint density at radius 1 is 0.824 bits per heavy atom. The van der Waals surface area contributed by atoms with Gasteiger partial charge in [0.1, 0.15) is 0 Å². The first kappa shape index (κ1) is 22.0. The van der Waals surface area contributed by atoms with Crippen molar-refractivity contribution in [1.29, 1.82) is 0 Å². The van der Waals surface area contributed by atoms with Gasteiger partial charge in [0.25, 0.3) is 0 Å². The molecule has 0 saturated carbocycles. The molecule has 0 spiro atoms. The molecule has 0 aliphatic heterocycles. The number of aryl methyl sites for hydroxylation is 1. The number of nitrogens with zero attached hydrogens (tertiary/aromatic N) is 3. The van der Waals surface area contributed by atoms with Crippen LogP contribution in [0.1, 0.15) is 5.89 Å². The SMILES string of the molecule is Cc1nc2cc(-c3nccn3-c3c(-c4ccccc4)cccc3-c3ccccc3)[c-]cc2o1.[Ir]. The molecule has 0 bridgehead atoms. The number of imidazole rings is 1. The van der Waals surface area contributed by atoms with Crippen molar-refractivity contribution in [3.63, 3.8) is 0 Å². The average Bonchev–Trinajstić information content (AvgIpc) is 3.50. The third-order valence-electron chi connectivity index (χ3n) is 5.76. The molecule has 0 aliphatic carbocycles. The molecule has 0 atom stereocenters. The Balaban J connectivity index is 0.00000241. The number of benzene rings is 4. The third kappa shape index (κ3) is 3.90. The van der Waals surface area contributed by atoms with Gasteiger partial charge >= 0.3 is 0 Å². The minimum Gasteiger partial charge on any atom is -0.488 e. The molecule has 0 saturated heterocycles. The fourth-order valence-electron chi connectivity index (χ4n) is 4.30. The molecular formula is C29H20IrN3O-. The molecule has 4 aromatic carbocycles. The molecule has 0 unspecified atom stereocenters. The zero-order chi connectivity index (χ0) is 22.2. The van der Waals surface area contributed by atoms with Gasteiger partial charge in [-0.25, -0.2) is 4.98 Å². The summed E-state index contributed by atoms with van der Waals surface area (Å²) in [5, 5.41) is 0. The second kappa shape index (κ2) is 9.22. The Labute approximate surface area is 211 Å². The van der Waals surface area contributed by atoms with Crippen LogP contribution >= 0.6 is 0 Å². The summed E-state index contributed by atoms with van der Waals surface area (Å²) in [4.78, 5) is 9.21. The molecule has 0 aliphatic rings. The van der Waals surface area contributed by atoms with Crippen LogP contribution in [0.25, 0.3) is 50.4 Å².